The number of esters is 1. The molecule has 106 valence electrons. The Labute approximate surface area is 122 Å². The number of carbonyl (C=O) groups excluding carboxylic acids is 1. The van der Waals surface area contributed by atoms with E-state index in [2.05, 4.69) is 15.0 Å². The van der Waals surface area contributed by atoms with Crippen molar-refractivity contribution in [2.75, 3.05) is 6.61 Å². The van der Waals surface area contributed by atoms with Crippen molar-refractivity contribution in [1.29, 1.82) is 0 Å². The number of aromatic nitrogens is 3. The molecule has 0 bridgehead atoms. The van der Waals surface area contributed by atoms with Crippen LogP contribution in [-0.4, -0.2) is 27.5 Å². The Morgan fingerprint density at radius 2 is 2.19 bits per heavy atom. The molecule has 0 amide bonds. The number of nitrogens with zero attached hydrogens (tertiary/aromatic N) is 2. The fourth-order valence-corrected chi connectivity index (χ4v) is 2.30. The molecule has 5 nitrogen and oxygen atoms in total. The summed E-state index contributed by atoms with van der Waals surface area (Å²) in [7, 11) is 0. The third-order valence-corrected chi connectivity index (χ3v) is 3.31. The molecule has 0 radical (unpaired) electrons. The summed E-state index contributed by atoms with van der Waals surface area (Å²) < 4.78 is 5.01. The molecular weight excluding hydrogens is 266 g/mol. The molecule has 0 aromatic carbocycles. The number of rotatable bonds is 3. The van der Waals surface area contributed by atoms with Gasteiger partial charge in [-0.05, 0) is 38.1 Å². The maximum atomic E-state index is 11.8. The van der Waals surface area contributed by atoms with Gasteiger partial charge in [-0.3, -0.25) is 4.98 Å². The molecule has 1 N–H and O–H groups in total. The summed E-state index contributed by atoms with van der Waals surface area (Å²) in [5.74, 6) is -0.338. The third kappa shape index (κ3) is 2.38. The number of nitrogens with one attached hydrogen (secondary N) is 1. The van der Waals surface area contributed by atoms with Crippen LogP contribution in [0.4, 0.5) is 0 Å². The third-order valence-electron chi connectivity index (χ3n) is 3.31. The van der Waals surface area contributed by atoms with Crippen molar-refractivity contribution in [3.8, 4) is 11.3 Å². The van der Waals surface area contributed by atoms with Crippen LogP contribution in [0.1, 0.15) is 23.0 Å². The standard InChI is InChI=1S/C16H15N3O2/c1-3-21-16(20)11-6-7-14(19-10(11)2)13-9-18-15-12(13)5-4-8-17-15/h4-9H,3H2,1-2H3,(H,17,18). The quantitative estimate of drug-likeness (QED) is 0.749. The van der Waals surface area contributed by atoms with Gasteiger partial charge in [-0.2, -0.15) is 0 Å². The van der Waals surface area contributed by atoms with E-state index in [1.54, 1.807) is 19.2 Å². The molecule has 0 saturated heterocycles. The van der Waals surface area contributed by atoms with Gasteiger partial charge in [0, 0.05) is 23.3 Å². The number of hydrogen-bond acceptors (Lipinski definition) is 4. The van der Waals surface area contributed by atoms with Gasteiger partial charge in [-0.1, -0.05) is 0 Å². The van der Waals surface area contributed by atoms with E-state index >= 15 is 0 Å². The Hall–Kier alpha value is -2.69. The molecule has 0 saturated carbocycles. The first kappa shape index (κ1) is 13.3. The molecule has 0 aliphatic carbocycles. The van der Waals surface area contributed by atoms with Gasteiger partial charge in [0.2, 0.25) is 0 Å². The first-order valence-electron chi connectivity index (χ1n) is 6.78. The van der Waals surface area contributed by atoms with E-state index < -0.39 is 0 Å². The van der Waals surface area contributed by atoms with Crippen molar-refractivity contribution in [3.05, 3.63) is 47.9 Å². The van der Waals surface area contributed by atoms with Crippen LogP contribution in [0.5, 0.6) is 0 Å². The summed E-state index contributed by atoms with van der Waals surface area (Å²) in [5.41, 5.74) is 3.75. The normalized spacial score (nSPS) is 10.8. The van der Waals surface area contributed by atoms with Gasteiger partial charge in [0.05, 0.1) is 23.6 Å². The molecule has 3 rings (SSSR count). The van der Waals surface area contributed by atoms with Crippen LogP contribution in [0.25, 0.3) is 22.3 Å². The van der Waals surface area contributed by atoms with Gasteiger partial charge < -0.3 is 9.72 Å². The van der Waals surface area contributed by atoms with Crippen molar-refractivity contribution in [3.63, 3.8) is 0 Å². The Kier molecular flexibility index (Phi) is 3.39. The van der Waals surface area contributed by atoms with Crippen LogP contribution in [0.2, 0.25) is 0 Å². The van der Waals surface area contributed by atoms with Crippen molar-refractivity contribution >= 4 is 17.0 Å². The summed E-state index contributed by atoms with van der Waals surface area (Å²) in [6.45, 7) is 3.95. The number of ether oxygens (including phenoxy) is 1. The van der Waals surface area contributed by atoms with Crippen molar-refractivity contribution in [2.24, 2.45) is 0 Å². The van der Waals surface area contributed by atoms with E-state index in [-0.39, 0.29) is 5.97 Å². The SMILES string of the molecule is CCOC(=O)c1ccc(-c2c[nH]c3ncccc23)nc1C. The zero-order valence-electron chi connectivity index (χ0n) is 11.9. The van der Waals surface area contributed by atoms with Crippen LogP contribution in [-0.2, 0) is 4.74 Å². The lowest BCUT2D eigenvalue weighted by molar-refractivity contribution is 0.0525. The van der Waals surface area contributed by atoms with Gasteiger partial charge in [0.15, 0.2) is 0 Å². The molecule has 0 unspecified atom stereocenters. The molecule has 3 aromatic heterocycles. The number of aryl methyl sites for hydroxylation is 1. The van der Waals surface area contributed by atoms with Crippen LogP contribution >= 0.6 is 0 Å². The average Bonchev–Trinajstić information content (AvgIpc) is 2.91. The lowest BCUT2D eigenvalue weighted by Gasteiger charge is -2.06. The number of hydrogen-bond donors (Lipinski definition) is 1. The average molecular weight is 281 g/mol. The van der Waals surface area contributed by atoms with Gasteiger partial charge >= 0.3 is 5.97 Å². The Morgan fingerprint density at radius 1 is 1.33 bits per heavy atom. The smallest absolute Gasteiger partial charge is 0.339 e. The fraction of sp³-hybridized carbons (Fsp3) is 0.188. The van der Waals surface area contributed by atoms with Crippen molar-refractivity contribution in [1.82, 2.24) is 15.0 Å². The van der Waals surface area contributed by atoms with Gasteiger partial charge in [0.25, 0.3) is 0 Å². The van der Waals surface area contributed by atoms with Gasteiger partial charge in [0.1, 0.15) is 5.65 Å². The molecule has 3 aromatic rings. The van der Waals surface area contributed by atoms with Crippen LogP contribution in [0.15, 0.2) is 36.7 Å². The van der Waals surface area contributed by atoms with E-state index in [4.69, 9.17) is 4.74 Å². The summed E-state index contributed by atoms with van der Waals surface area (Å²) in [6.07, 6.45) is 3.62. The molecule has 0 spiro atoms. The zero-order valence-corrected chi connectivity index (χ0v) is 11.9. The maximum absolute atomic E-state index is 11.8. The second-order valence-electron chi connectivity index (χ2n) is 4.65. The summed E-state index contributed by atoms with van der Waals surface area (Å²) in [5, 5.41) is 1.01. The predicted octanol–water partition coefficient (Wildman–Crippen LogP) is 3.11. The largest absolute Gasteiger partial charge is 0.462 e. The molecule has 0 fully saturated rings. The molecule has 0 aliphatic heterocycles. The fourth-order valence-electron chi connectivity index (χ4n) is 2.30. The van der Waals surface area contributed by atoms with Crippen molar-refractivity contribution < 1.29 is 9.53 Å². The van der Waals surface area contributed by atoms with E-state index in [1.165, 1.54) is 0 Å². The highest BCUT2D eigenvalue weighted by atomic mass is 16.5. The van der Waals surface area contributed by atoms with E-state index in [9.17, 15) is 4.79 Å². The minimum Gasteiger partial charge on any atom is -0.462 e. The first-order chi connectivity index (χ1) is 10.2. The van der Waals surface area contributed by atoms with Gasteiger partial charge in [-0.25, -0.2) is 9.78 Å². The van der Waals surface area contributed by atoms with Crippen molar-refractivity contribution in [2.45, 2.75) is 13.8 Å². The zero-order chi connectivity index (χ0) is 14.8. The van der Waals surface area contributed by atoms with Crippen LogP contribution in [0.3, 0.4) is 0 Å². The Balaban J connectivity index is 2.04. The monoisotopic (exact) mass is 281 g/mol. The Bertz CT molecular complexity index is 808. The minimum atomic E-state index is -0.338. The number of H-pyrrole nitrogens is 1. The lowest BCUT2D eigenvalue weighted by Crippen LogP contribution is -2.08. The molecule has 0 aliphatic rings. The van der Waals surface area contributed by atoms with Crippen LogP contribution in [0, 0.1) is 6.92 Å². The van der Waals surface area contributed by atoms with E-state index in [1.807, 2.05) is 31.3 Å². The number of pyridine rings is 2. The highest BCUT2D eigenvalue weighted by Gasteiger charge is 2.14. The topological polar surface area (TPSA) is 67.9 Å². The Morgan fingerprint density at radius 3 is 2.95 bits per heavy atom. The summed E-state index contributed by atoms with van der Waals surface area (Å²) in [6, 6.07) is 7.46. The second-order valence-corrected chi connectivity index (χ2v) is 4.65. The number of carbonyl (C=O) groups is 1. The molecular formula is C16H15N3O2. The molecule has 3 heterocycles. The highest BCUT2D eigenvalue weighted by molar-refractivity contribution is 5.94. The van der Waals surface area contributed by atoms with Gasteiger partial charge in [-0.15, -0.1) is 0 Å². The summed E-state index contributed by atoms with van der Waals surface area (Å²) in [4.78, 5) is 23.7. The molecule has 21 heavy (non-hydrogen) atoms. The molecule has 5 heteroatoms. The predicted molar refractivity (Wildman–Crippen MR) is 80.0 cm³/mol. The lowest BCUT2D eigenvalue weighted by atomic mass is 10.1. The number of fused-ring (bicyclic) bond motifs is 1. The van der Waals surface area contributed by atoms with E-state index in [0.29, 0.717) is 17.9 Å². The molecule has 0 atom stereocenters. The number of aromatic amines is 1. The second kappa shape index (κ2) is 5.36. The maximum Gasteiger partial charge on any atom is 0.339 e. The van der Waals surface area contributed by atoms with Crippen LogP contribution < -0.4 is 0 Å². The summed E-state index contributed by atoms with van der Waals surface area (Å²) >= 11 is 0. The highest BCUT2D eigenvalue weighted by Crippen LogP contribution is 2.26. The van der Waals surface area contributed by atoms with E-state index in [0.717, 1.165) is 22.3 Å². The minimum absolute atomic E-state index is 0.338. The first-order valence-corrected chi connectivity index (χ1v) is 6.78.